The Hall–Kier alpha value is -1.31. The van der Waals surface area contributed by atoms with Gasteiger partial charge in [0.05, 0.1) is 0 Å². The lowest BCUT2D eigenvalue weighted by atomic mass is 9.96. The van der Waals surface area contributed by atoms with Crippen molar-refractivity contribution in [3.8, 4) is 0 Å². The Balaban J connectivity index is 2.06. The third-order valence-electron chi connectivity index (χ3n) is 2.91. The van der Waals surface area contributed by atoms with E-state index in [1.54, 1.807) is 0 Å². The van der Waals surface area contributed by atoms with Crippen LogP contribution in [-0.4, -0.2) is 10.2 Å². The van der Waals surface area contributed by atoms with Crippen molar-refractivity contribution in [3.63, 3.8) is 0 Å². The zero-order chi connectivity index (χ0) is 8.02. The van der Waals surface area contributed by atoms with Crippen LogP contribution in [0.25, 0.3) is 0 Å². The molecule has 0 amide bonds. The van der Waals surface area contributed by atoms with E-state index in [4.69, 9.17) is 0 Å². The van der Waals surface area contributed by atoms with Gasteiger partial charge in [-0.1, -0.05) is 24.3 Å². The van der Waals surface area contributed by atoms with Gasteiger partial charge in [-0.2, -0.15) is 5.10 Å². The molecule has 1 aromatic rings. The van der Waals surface area contributed by atoms with E-state index in [-0.39, 0.29) is 5.41 Å². The van der Waals surface area contributed by atoms with Crippen LogP contribution in [0.15, 0.2) is 36.6 Å². The van der Waals surface area contributed by atoms with Crippen LogP contribution in [0.5, 0.6) is 0 Å². The number of fused-ring (bicyclic) bond motifs is 1. The molecular weight excluding hydrogens is 148 g/mol. The summed E-state index contributed by atoms with van der Waals surface area (Å²) in [5.41, 5.74) is 1.54. The predicted molar refractivity (Wildman–Crippen MR) is 46.7 cm³/mol. The minimum absolute atomic E-state index is 0.283. The SMILES string of the molecule is C1=CC2CC2(c2ccn[nH]2)C=C1. The van der Waals surface area contributed by atoms with Crippen molar-refractivity contribution in [2.75, 3.05) is 0 Å². The molecule has 1 N–H and O–H groups in total. The van der Waals surface area contributed by atoms with Gasteiger partial charge < -0.3 is 0 Å². The van der Waals surface area contributed by atoms with Crippen LogP contribution in [-0.2, 0) is 5.41 Å². The Morgan fingerprint density at radius 3 is 3.25 bits per heavy atom. The Kier molecular flexibility index (Phi) is 0.980. The third-order valence-corrected chi connectivity index (χ3v) is 2.91. The van der Waals surface area contributed by atoms with Crippen LogP contribution in [0.4, 0.5) is 0 Å². The standard InChI is InChI=1S/C10H10N2/c1-2-5-10(7-8(10)3-1)9-4-6-11-12-9/h1-6,8H,7H2,(H,11,12). The van der Waals surface area contributed by atoms with E-state index < -0.39 is 0 Å². The summed E-state index contributed by atoms with van der Waals surface area (Å²) >= 11 is 0. The highest BCUT2D eigenvalue weighted by Gasteiger charge is 2.53. The first-order valence-corrected chi connectivity index (χ1v) is 4.28. The molecule has 0 aromatic carbocycles. The Morgan fingerprint density at radius 2 is 2.50 bits per heavy atom. The molecule has 60 valence electrons. The minimum atomic E-state index is 0.283. The van der Waals surface area contributed by atoms with Gasteiger partial charge in [-0.15, -0.1) is 0 Å². The molecule has 0 bridgehead atoms. The van der Waals surface area contributed by atoms with Crippen molar-refractivity contribution < 1.29 is 0 Å². The number of aromatic nitrogens is 2. The molecule has 0 radical (unpaired) electrons. The fourth-order valence-electron chi connectivity index (χ4n) is 2.08. The fraction of sp³-hybridized carbons (Fsp3) is 0.300. The second-order valence-electron chi connectivity index (χ2n) is 3.57. The molecule has 3 rings (SSSR count). The summed E-state index contributed by atoms with van der Waals surface area (Å²) < 4.78 is 0. The van der Waals surface area contributed by atoms with Crippen molar-refractivity contribution >= 4 is 0 Å². The summed E-state index contributed by atoms with van der Waals surface area (Å²) in [4.78, 5) is 0. The molecule has 0 aliphatic heterocycles. The number of nitrogens with one attached hydrogen (secondary N) is 1. The molecule has 12 heavy (non-hydrogen) atoms. The summed E-state index contributed by atoms with van der Waals surface area (Å²) in [7, 11) is 0. The highest BCUT2D eigenvalue weighted by molar-refractivity contribution is 5.42. The van der Waals surface area contributed by atoms with Crippen LogP contribution in [0.2, 0.25) is 0 Å². The number of hydrogen-bond donors (Lipinski definition) is 1. The van der Waals surface area contributed by atoms with Crippen molar-refractivity contribution in [2.45, 2.75) is 11.8 Å². The molecule has 2 aliphatic rings. The van der Waals surface area contributed by atoms with Crippen LogP contribution in [0, 0.1) is 5.92 Å². The molecule has 1 fully saturated rings. The van der Waals surface area contributed by atoms with E-state index in [0.717, 1.165) is 0 Å². The molecule has 0 saturated heterocycles. The maximum absolute atomic E-state index is 3.99. The lowest BCUT2D eigenvalue weighted by Gasteiger charge is -2.10. The summed E-state index contributed by atoms with van der Waals surface area (Å²) in [6.07, 6.45) is 11.9. The zero-order valence-electron chi connectivity index (χ0n) is 6.70. The van der Waals surface area contributed by atoms with E-state index in [9.17, 15) is 0 Å². The van der Waals surface area contributed by atoms with Crippen LogP contribution < -0.4 is 0 Å². The summed E-state index contributed by atoms with van der Waals surface area (Å²) in [6, 6.07) is 2.07. The van der Waals surface area contributed by atoms with Crippen molar-refractivity contribution in [1.29, 1.82) is 0 Å². The number of allylic oxidation sites excluding steroid dienone is 4. The van der Waals surface area contributed by atoms with Gasteiger partial charge in [-0.05, 0) is 18.4 Å². The van der Waals surface area contributed by atoms with Crippen LogP contribution >= 0.6 is 0 Å². The molecule has 2 atom stereocenters. The van der Waals surface area contributed by atoms with Crippen LogP contribution in [0.3, 0.4) is 0 Å². The van der Waals surface area contributed by atoms with Crippen molar-refractivity contribution in [3.05, 3.63) is 42.3 Å². The average molecular weight is 158 g/mol. The van der Waals surface area contributed by atoms with Gasteiger partial charge in [0.15, 0.2) is 0 Å². The van der Waals surface area contributed by atoms with E-state index in [0.29, 0.717) is 5.92 Å². The largest absolute Gasteiger partial charge is 0.282 e. The molecule has 2 unspecified atom stereocenters. The van der Waals surface area contributed by atoms with Crippen LogP contribution in [0.1, 0.15) is 12.1 Å². The number of hydrogen-bond acceptors (Lipinski definition) is 1. The maximum atomic E-state index is 3.99. The molecule has 1 heterocycles. The zero-order valence-corrected chi connectivity index (χ0v) is 6.70. The molecule has 2 heteroatoms. The monoisotopic (exact) mass is 158 g/mol. The molecule has 1 aromatic heterocycles. The first-order valence-electron chi connectivity index (χ1n) is 4.28. The maximum Gasteiger partial charge on any atom is 0.0490 e. The average Bonchev–Trinajstić information content (AvgIpc) is 2.59. The van der Waals surface area contributed by atoms with E-state index in [1.165, 1.54) is 12.1 Å². The van der Waals surface area contributed by atoms with Gasteiger partial charge in [0.2, 0.25) is 0 Å². The Labute approximate surface area is 71.0 Å². The topological polar surface area (TPSA) is 28.7 Å². The number of rotatable bonds is 1. The van der Waals surface area contributed by atoms with E-state index >= 15 is 0 Å². The highest BCUT2D eigenvalue weighted by atomic mass is 15.1. The smallest absolute Gasteiger partial charge is 0.0490 e. The van der Waals surface area contributed by atoms with Gasteiger partial charge >= 0.3 is 0 Å². The summed E-state index contributed by atoms with van der Waals surface area (Å²) in [5, 5.41) is 7.04. The first kappa shape index (κ1) is 6.23. The number of H-pyrrole nitrogens is 1. The van der Waals surface area contributed by atoms with E-state index in [2.05, 4.69) is 40.6 Å². The molecule has 2 aliphatic carbocycles. The Morgan fingerprint density at radius 1 is 1.50 bits per heavy atom. The van der Waals surface area contributed by atoms with Gasteiger partial charge in [0, 0.05) is 17.3 Å². The third kappa shape index (κ3) is 0.624. The minimum Gasteiger partial charge on any atom is -0.282 e. The normalized spacial score (nSPS) is 36.5. The van der Waals surface area contributed by atoms with Gasteiger partial charge in [-0.3, -0.25) is 5.10 Å². The second-order valence-corrected chi connectivity index (χ2v) is 3.57. The fourth-order valence-corrected chi connectivity index (χ4v) is 2.08. The van der Waals surface area contributed by atoms with E-state index in [1.807, 2.05) is 6.20 Å². The lowest BCUT2D eigenvalue weighted by Crippen LogP contribution is -2.07. The first-order chi connectivity index (χ1) is 5.92. The van der Waals surface area contributed by atoms with Crippen molar-refractivity contribution in [2.24, 2.45) is 5.92 Å². The summed E-state index contributed by atoms with van der Waals surface area (Å²) in [5.74, 6) is 0.711. The number of aromatic amines is 1. The molecule has 1 saturated carbocycles. The molecule has 0 spiro atoms. The van der Waals surface area contributed by atoms with Gasteiger partial charge in [0.1, 0.15) is 0 Å². The van der Waals surface area contributed by atoms with Crippen molar-refractivity contribution in [1.82, 2.24) is 10.2 Å². The quantitative estimate of drug-likeness (QED) is 0.663. The van der Waals surface area contributed by atoms with Gasteiger partial charge in [0.25, 0.3) is 0 Å². The Bertz CT molecular complexity index is 348. The number of nitrogens with zero attached hydrogens (tertiary/aromatic N) is 1. The lowest BCUT2D eigenvalue weighted by molar-refractivity contribution is 0.770. The van der Waals surface area contributed by atoms with Gasteiger partial charge in [-0.25, -0.2) is 0 Å². The molecular formula is C10H10N2. The molecule has 2 nitrogen and oxygen atoms in total. The second kappa shape index (κ2) is 1.89. The summed E-state index contributed by atoms with van der Waals surface area (Å²) in [6.45, 7) is 0. The predicted octanol–water partition coefficient (Wildman–Crippen LogP) is 1.79. The highest BCUT2D eigenvalue weighted by Crippen LogP contribution is 2.56.